The average molecular weight is 251 g/mol. The summed E-state index contributed by atoms with van der Waals surface area (Å²) in [4.78, 5) is 1.45. The van der Waals surface area contributed by atoms with Crippen LogP contribution in [0.4, 0.5) is 0 Å². The predicted octanol–water partition coefficient (Wildman–Crippen LogP) is 1.12. The van der Waals surface area contributed by atoms with Crippen molar-refractivity contribution in [3.05, 3.63) is 41.7 Å². The molecule has 2 aromatic rings. The third-order valence-corrected chi connectivity index (χ3v) is 3.06. The van der Waals surface area contributed by atoms with E-state index in [2.05, 4.69) is 10.2 Å². The van der Waals surface area contributed by atoms with Gasteiger partial charge in [0.25, 0.3) is 0 Å². The summed E-state index contributed by atoms with van der Waals surface area (Å²) >= 11 is 0. The fraction of sp³-hybridized carbons (Fsp3) is 0.273. The summed E-state index contributed by atoms with van der Waals surface area (Å²) in [6, 6.07) is 9.39. The van der Waals surface area contributed by atoms with Gasteiger partial charge in [-0.15, -0.1) is 0 Å². The lowest BCUT2D eigenvalue weighted by atomic mass is 10.3. The van der Waals surface area contributed by atoms with Gasteiger partial charge in [-0.3, -0.25) is 0 Å². The standard InChI is InChI=1S/C11H13N3O2S/c1-9-11(8-17(2,15)16)13-14(12-9)10-6-4-3-5-7-10/h3-7H,8H2,1-2H3. The minimum atomic E-state index is -3.08. The molecule has 1 heterocycles. The average Bonchev–Trinajstić information content (AvgIpc) is 2.59. The van der Waals surface area contributed by atoms with Gasteiger partial charge in [-0.1, -0.05) is 18.2 Å². The quantitative estimate of drug-likeness (QED) is 0.820. The van der Waals surface area contributed by atoms with E-state index in [9.17, 15) is 8.42 Å². The molecule has 0 atom stereocenters. The Morgan fingerprint density at radius 2 is 1.82 bits per heavy atom. The van der Waals surface area contributed by atoms with Gasteiger partial charge in [0.2, 0.25) is 0 Å². The van der Waals surface area contributed by atoms with Gasteiger partial charge in [0, 0.05) is 6.26 Å². The molecule has 0 aliphatic heterocycles. The van der Waals surface area contributed by atoms with Crippen LogP contribution >= 0.6 is 0 Å². The monoisotopic (exact) mass is 251 g/mol. The van der Waals surface area contributed by atoms with Gasteiger partial charge in [-0.25, -0.2) is 8.42 Å². The van der Waals surface area contributed by atoms with Crippen molar-refractivity contribution >= 4 is 9.84 Å². The Morgan fingerprint density at radius 1 is 1.18 bits per heavy atom. The van der Waals surface area contributed by atoms with E-state index in [-0.39, 0.29) is 5.75 Å². The number of benzene rings is 1. The second kappa shape index (κ2) is 4.29. The number of para-hydroxylation sites is 1. The van der Waals surface area contributed by atoms with E-state index < -0.39 is 9.84 Å². The highest BCUT2D eigenvalue weighted by Crippen LogP contribution is 2.10. The zero-order valence-corrected chi connectivity index (χ0v) is 10.5. The molecule has 0 spiro atoms. The van der Waals surface area contributed by atoms with Crippen LogP contribution < -0.4 is 0 Å². The van der Waals surface area contributed by atoms with Crippen LogP contribution in [-0.4, -0.2) is 29.7 Å². The van der Waals surface area contributed by atoms with E-state index in [1.165, 1.54) is 11.1 Å². The summed E-state index contributed by atoms with van der Waals surface area (Å²) in [7, 11) is -3.08. The van der Waals surface area contributed by atoms with Crippen molar-refractivity contribution in [3.63, 3.8) is 0 Å². The minimum absolute atomic E-state index is 0.0777. The molecule has 0 N–H and O–H groups in total. The number of rotatable bonds is 3. The maximum absolute atomic E-state index is 11.2. The van der Waals surface area contributed by atoms with Gasteiger partial charge in [0.1, 0.15) is 5.69 Å². The number of hydrogen-bond donors (Lipinski definition) is 0. The molecular weight excluding hydrogens is 238 g/mol. The number of aromatic nitrogens is 3. The van der Waals surface area contributed by atoms with Crippen LogP contribution in [-0.2, 0) is 15.6 Å². The van der Waals surface area contributed by atoms with Crippen molar-refractivity contribution in [2.45, 2.75) is 12.7 Å². The summed E-state index contributed by atoms with van der Waals surface area (Å²) in [5.41, 5.74) is 1.95. The van der Waals surface area contributed by atoms with E-state index in [4.69, 9.17) is 0 Å². The van der Waals surface area contributed by atoms with Crippen molar-refractivity contribution in [2.24, 2.45) is 0 Å². The Bertz CT molecular complexity index is 617. The molecule has 0 aliphatic rings. The summed E-state index contributed by atoms with van der Waals surface area (Å²) < 4.78 is 22.4. The van der Waals surface area contributed by atoms with Gasteiger partial charge >= 0.3 is 0 Å². The van der Waals surface area contributed by atoms with Crippen LogP contribution in [0.15, 0.2) is 30.3 Å². The highest BCUT2D eigenvalue weighted by molar-refractivity contribution is 7.89. The van der Waals surface area contributed by atoms with Crippen LogP contribution in [0.5, 0.6) is 0 Å². The lowest BCUT2D eigenvalue weighted by Crippen LogP contribution is -2.03. The van der Waals surface area contributed by atoms with Gasteiger partial charge in [0.15, 0.2) is 9.84 Å². The van der Waals surface area contributed by atoms with Crippen LogP contribution in [0, 0.1) is 6.92 Å². The smallest absolute Gasteiger partial charge is 0.153 e. The molecular formula is C11H13N3O2S. The largest absolute Gasteiger partial charge is 0.229 e. The molecule has 1 aromatic carbocycles. The second-order valence-electron chi connectivity index (χ2n) is 3.93. The van der Waals surface area contributed by atoms with Crippen molar-refractivity contribution < 1.29 is 8.42 Å². The van der Waals surface area contributed by atoms with Gasteiger partial charge < -0.3 is 0 Å². The van der Waals surface area contributed by atoms with Gasteiger partial charge in [-0.05, 0) is 19.1 Å². The SMILES string of the molecule is Cc1nn(-c2ccccc2)nc1CS(C)(=O)=O. The molecule has 0 unspecified atom stereocenters. The van der Waals surface area contributed by atoms with Crippen LogP contribution in [0.2, 0.25) is 0 Å². The Hall–Kier alpha value is -1.69. The van der Waals surface area contributed by atoms with Crippen molar-refractivity contribution in [1.29, 1.82) is 0 Å². The summed E-state index contributed by atoms with van der Waals surface area (Å²) in [6.07, 6.45) is 1.19. The molecule has 0 fully saturated rings. The summed E-state index contributed by atoms with van der Waals surface area (Å²) in [5, 5.41) is 8.40. The molecule has 90 valence electrons. The highest BCUT2D eigenvalue weighted by atomic mass is 32.2. The molecule has 0 aliphatic carbocycles. The lowest BCUT2D eigenvalue weighted by Gasteiger charge is -1.97. The van der Waals surface area contributed by atoms with E-state index in [0.717, 1.165) is 5.69 Å². The Kier molecular flexibility index (Phi) is 2.97. The first kappa shape index (κ1) is 11.8. The first-order valence-corrected chi connectivity index (χ1v) is 7.18. The Morgan fingerprint density at radius 3 is 2.41 bits per heavy atom. The third kappa shape index (κ3) is 2.91. The van der Waals surface area contributed by atoms with E-state index in [1.807, 2.05) is 30.3 Å². The molecule has 0 bridgehead atoms. The number of hydrogen-bond acceptors (Lipinski definition) is 4. The molecule has 0 radical (unpaired) electrons. The number of nitrogens with zero attached hydrogens (tertiary/aromatic N) is 3. The third-order valence-electron chi connectivity index (χ3n) is 2.26. The summed E-state index contributed by atoms with van der Waals surface area (Å²) in [6.45, 7) is 1.76. The van der Waals surface area contributed by atoms with Crippen LogP contribution in [0.25, 0.3) is 5.69 Å². The maximum atomic E-state index is 11.2. The van der Waals surface area contributed by atoms with Gasteiger partial charge in [0.05, 0.1) is 17.1 Å². The first-order chi connectivity index (χ1) is 7.96. The number of aryl methyl sites for hydroxylation is 1. The van der Waals surface area contributed by atoms with Crippen molar-refractivity contribution in [3.8, 4) is 5.69 Å². The maximum Gasteiger partial charge on any atom is 0.153 e. The first-order valence-electron chi connectivity index (χ1n) is 5.12. The number of sulfone groups is 1. The van der Waals surface area contributed by atoms with E-state index in [1.54, 1.807) is 6.92 Å². The van der Waals surface area contributed by atoms with Crippen LogP contribution in [0.3, 0.4) is 0 Å². The predicted molar refractivity (Wildman–Crippen MR) is 64.6 cm³/mol. The van der Waals surface area contributed by atoms with Gasteiger partial charge in [-0.2, -0.15) is 15.0 Å². The van der Waals surface area contributed by atoms with Crippen molar-refractivity contribution in [2.75, 3.05) is 6.26 Å². The van der Waals surface area contributed by atoms with Crippen LogP contribution in [0.1, 0.15) is 11.4 Å². The molecule has 0 amide bonds. The van der Waals surface area contributed by atoms with E-state index >= 15 is 0 Å². The second-order valence-corrected chi connectivity index (χ2v) is 6.07. The molecule has 5 nitrogen and oxygen atoms in total. The zero-order chi connectivity index (χ0) is 12.5. The highest BCUT2D eigenvalue weighted by Gasteiger charge is 2.13. The topological polar surface area (TPSA) is 64.8 Å². The molecule has 0 saturated heterocycles. The minimum Gasteiger partial charge on any atom is -0.229 e. The molecule has 6 heteroatoms. The molecule has 2 rings (SSSR count). The zero-order valence-electron chi connectivity index (χ0n) is 9.66. The van der Waals surface area contributed by atoms with Crippen molar-refractivity contribution in [1.82, 2.24) is 15.0 Å². The fourth-order valence-corrected chi connectivity index (χ4v) is 2.23. The normalized spacial score (nSPS) is 11.6. The molecule has 0 saturated carbocycles. The fourth-order valence-electron chi connectivity index (χ4n) is 1.47. The summed E-state index contributed by atoms with van der Waals surface area (Å²) in [5.74, 6) is -0.0777. The molecule has 1 aromatic heterocycles. The Labute approximate surface area is 100 Å². The molecule has 17 heavy (non-hydrogen) atoms. The van der Waals surface area contributed by atoms with E-state index in [0.29, 0.717) is 11.4 Å². The lowest BCUT2D eigenvalue weighted by molar-refractivity contribution is 0.600. The Balaban J connectivity index is 2.38.